The van der Waals surface area contributed by atoms with Crippen LogP contribution in [0.4, 0.5) is 0 Å². The summed E-state index contributed by atoms with van der Waals surface area (Å²) in [7, 11) is 2.54. The summed E-state index contributed by atoms with van der Waals surface area (Å²) in [5.41, 5.74) is 28.7. The maximum Gasteiger partial charge on any atom is 0.246 e. The lowest BCUT2D eigenvalue weighted by Gasteiger charge is -2.37. The Balaban J connectivity index is 1.52. The van der Waals surface area contributed by atoms with Crippen LogP contribution in [0.2, 0.25) is 0 Å². The number of aromatic amines is 1. The summed E-state index contributed by atoms with van der Waals surface area (Å²) in [6.07, 6.45) is 3.07. The monoisotopic (exact) mass is 1130 g/mol. The smallest absolute Gasteiger partial charge is 0.246 e. The molecular formula is C50H75N15O11S2. The maximum atomic E-state index is 14.9. The number of likely N-dealkylation sites (tertiary alicyclic amines) is 1. The second kappa shape index (κ2) is 29.6. The highest BCUT2D eigenvalue weighted by Gasteiger charge is 2.42. The number of nitrogens with two attached hydrogens (primary N) is 5. The van der Waals surface area contributed by atoms with E-state index in [1.807, 2.05) is 30.3 Å². The van der Waals surface area contributed by atoms with E-state index in [4.69, 9.17) is 28.7 Å². The van der Waals surface area contributed by atoms with Crippen LogP contribution in [0.15, 0.2) is 35.3 Å². The number of aromatic nitrogens is 1. The van der Waals surface area contributed by atoms with Crippen molar-refractivity contribution in [3.8, 4) is 0 Å². The van der Waals surface area contributed by atoms with Gasteiger partial charge in [0, 0.05) is 54.1 Å². The van der Waals surface area contributed by atoms with Crippen molar-refractivity contribution >= 4 is 103 Å². The zero-order valence-corrected chi connectivity index (χ0v) is 45.7. The molecule has 11 amide bonds. The lowest BCUT2D eigenvalue weighted by atomic mass is 9.85. The number of nitrogens with zero attached hydrogens (tertiary/aromatic N) is 2. The number of guanidine groups is 1. The zero-order valence-electron chi connectivity index (χ0n) is 44.0. The SMILES string of the molecule is CC[C@H](C)[C@H]1NC(=O)[C@H](Cc2cc3ccccc3[nH]2)NC(=O)CC2(CCCCC2)SSC[C@@H](C(=O)N2CCC[C@H]2C(=O)N[C@@H](CCCN=C(N)N)C(=O)NCC(N)=O)NC(=O)[C@@H](CC(N)=O)NC(=O)[C@H](CCC(N)=O)NC1=O. The Kier molecular flexibility index (Phi) is 23.4. The highest BCUT2D eigenvalue weighted by molar-refractivity contribution is 8.77. The molecule has 2 saturated heterocycles. The van der Waals surface area contributed by atoms with E-state index in [0.717, 1.165) is 30.2 Å². The highest BCUT2D eigenvalue weighted by Crippen LogP contribution is 2.48. The van der Waals surface area contributed by atoms with Crippen molar-refractivity contribution in [1.29, 1.82) is 0 Å². The molecule has 428 valence electrons. The fourth-order valence-corrected chi connectivity index (χ4v) is 13.0. The van der Waals surface area contributed by atoms with Crippen LogP contribution in [0.1, 0.15) is 109 Å². The molecule has 1 spiro atoms. The summed E-state index contributed by atoms with van der Waals surface area (Å²) in [5, 5.41) is 19.4. The van der Waals surface area contributed by atoms with Crippen molar-refractivity contribution in [1.82, 2.24) is 47.1 Å². The van der Waals surface area contributed by atoms with Crippen molar-refractivity contribution in [2.45, 2.75) is 157 Å². The maximum absolute atomic E-state index is 14.9. The largest absolute Gasteiger partial charge is 0.370 e. The third-order valence-electron chi connectivity index (χ3n) is 14.0. The number of primary amides is 3. The van der Waals surface area contributed by atoms with Gasteiger partial charge in [0.05, 0.1) is 13.0 Å². The Morgan fingerprint density at radius 2 is 1.51 bits per heavy atom. The second-order valence-electron chi connectivity index (χ2n) is 20.1. The van der Waals surface area contributed by atoms with Crippen LogP contribution in [-0.4, -0.2) is 153 Å². The molecule has 2 aromatic rings. The van der Waals surface area contributed by atoms with Gasteiger partial charge in [-0.15, -0.1) is 0 Å². The van der Waals surface area contributed by atoms with Crippen LogP contribution >= 0.6 is 21.6 Å². The van der Waals surface area contributed by atoms with Gasteiger partial charge in [-0.2, -0.15) is 0 Å². The summed E-state index contributed by atoms with van der Waals surface area (Å²) in [5.74, 6) is -9.81. The topological polar surface area (TPSA) is 433 Å². The fraction of sp³-hybridized carbons (Fsp3) is 0.600. The minimum Gasteiger partial charge on any atom is -0.370 e. The Morgan fingerprint density at radius 1 is 0.821 bits per heavy atom. The minimum atomic E-state index is -1.75. The lowest BCUT2D eigenvalue weighted by molar-refractivity contribution is -0.142. The molecule has 0 radical (unpaired) electrons. The third-order valence-corrected chi connectivity index (χ3v) is 17.3. The van der Waals surface area contributed by atoms with E-state index in [0.29, 0.717) is 31.4 Å². The van der Waals surface area contributed by atoms with Crippen LogP contribution in [0, 0.1) is 5.92 Å². The number of para-hydroxylation sites is 1. The zero-order chi connectivity index (χ0) is 57.1. The number of H-pyrrole nitrogens is 1. The summed E-state index contributed by atoms with van der Waals surface area (Å²) in [6.45, 7) is 3.13. The second-order valence-corrected chi connectivity index (χ2v) is 22.9. The molecular weight excluding hydrogens is 1050 g/mol. The Hall–Kier alpha value is -7.10. The van der Waals surface area contributed by atoms with Gasteiger partial charge in [0.2, 0.25) is 65.0 Å². The van der Waals surface area contributed by atoms with Gasteiger partial charge in [-0.25, -0.2) is 0 Å². The average molecular weight is 1130 g/mol. The lowest BCUT2D eigenvalue weighted by Crippen LogP contribution is -2.61. The number of nitrogens with one attached hydrogen (secondary N) is 8. The average Bonchev–Trinajstić information content (AvgIpc) is 4.08. The predicted octanol–water partition coefficient (Wildman–Crippen LogP) is -2.06. The first-order valence-corrected chi connectivity index (χ1v) is 28.6. The van der Waals surface area contributed by atoms with Crippen LogP contribution in [0.3, 0.4) is 0 Å². The molecule has 2 aliphatic heterocycles. The van der Waals surface area contributed by atoms with Crippen LogP contribution in [-0.2, 0) is 59.2 Å². The standard InChI is InChI=1S/C50H75N15O11S2/c1-3-27(2)41-47(75)61-32(15-16-37(51)66)43(71)62-34(23-38(52)67)44(72)63-35(48(76)65-20-10-14-36(65)46(74)60-31(13-9-19-56-49(54)55)42(70)57-25-39(53)68)26-77-78-50(17-7-4-8-18-50)24-40(69)59-33(45(73)64-41)22-29-21-28-11-5-6-12-30(28)58-29/h5-6,11-12,21,27,31-36,41,58H,3-4,7-10,13-20,22-26H2,1-2H3,(H2,51,66)(H2,52,67)(H2,53,68)(H,57,70)(H,59,69)(H,60,74)(H,61,75)(H,62,71)(H,63,72)(H,64,73)(H4,54,55,56)/t27-,31-,32-,33-,34+,35-,36-,41+/m0/s1. The van der Waals surface area contributed by atoms with Gasteiger partial charge in [-0.3, -0.25) is 57.7 Å². The first-order chi connectivity index (χ1) is 37.1. The first kappa shape index (κ1) is 61.7. The predicted molar refractivity (Wildman–Crippen MR) is 293 cm³/mol. The minimum absolute atomic E-state index is 0.00244. The van der Waals surface area contributed by atoms with Gasteiger partial charge in [-0.05, 0) is 68.4 Å². The molecule has 78 heavy (non-hydrogen) atoms. The van der Waals surface area contributed by atoms with E-state index in [1.165, 1.54) is 26.5 Å². The van der Waals surface area contributed by atoms with E-state index in [2.05, 4.69) is 47.2 Å². The molecule has 0 unspecified atom stereocenters. The molecule has 18 N–H and O–H groups in total. The van der Waals surface area contributed by atoms with Gasteiger partial charge in [0.15, 0.2) is 5.96 Å². The quantitative estimate of drug-likeness (QED) is 0.0311. The molecule has 3 fully saturated rings. The van der Waals surface area contributed by atoms with E-state index in [-0.39, 0.29) is 63.3 Å². The summed E-state index contributed by atoms with van der Waals surface area (Å²) < 4.78 is -0.726. The van der Waals surface area contributed by atoms with Crippen molar-refractivity contribution in [2.75, 3.05) is 25.4 Å². The van der Waals surface area contributed by atoms with Gasteiger partial charge < -0.3 is 75.8 Å². The summed E-state index contributed by atoms with van der Waals surface area (Å²) in [6, 6.07) is -0.272. The molecule has 3 heterocycles. The Labute approximate surface area is 459 Å². The molecule has 1 aromatic carbocycles. The van der Waals surface area contributed by atoms with E-state index < -0.39 is 137 Å². The molecule has 8 atom stereocenters. The number of rotatable bonds is 19. The third kappa shape index (κ3) is 18.5. The van der Waals surface area contributed by atoms with Crippen LogP contribution in [0.25, 0.3) is 10.9 Å². The van der Waals surface area contributed by atoms with Crippen molar-refractivity contribution in [2.24, 2.45) is 39.6 Å². The van der Waals surface area contributed by atoms with E-state index >= 15 is 0 Å². The molecule has 1 aromatic heterocycles. The molecule has 1 saturated carbocycles. The van der Waals surface area contributed by atoms with E-state index in [1.54, 1.807) is 13.8 Å². The molecule has 1 aliphatic carbocycles. The number of carbonyl (C=O) groups is 11. The normalized spacial score (nSPS) is 23.5. The number of hydrogen-bond donors (Lipinski definition) is 13. The summed E-state index contributed by atoms with van der Waals surface area (Å²) >= 11 is 0. The van der Waals surface area contributed by atoms with Gasteiger partial charge >= 0.3 is 0 Å². The van der Waals surface area contributed by atoms with Crippen molar-refractivity contribution < 1.29 is 52.7 Å². The molecule has 3 aliphatic rings. The first-order valence-electron chi connectivity index (χ1n) is 26.3. The van der Waals surface area contributed by atoms with E-state index in [9.17, 15) is 52.7 Å². The number of hydrogen-bond acceptors (Lipinski definition) is 14. The fourth-order valence-electron chi connectivity index (χ4n) is 9.67. The Bertz CT molecular complexity index is 2520. The van der Waals surface area contributed by atoms with Gasteiger partial charge in [0.1, 0.15) is 42.3 Å². The highest BCUT2D eigenvalue weighted by atomic mass is 33.1. The van der Waals surface area contributed by atoms with Crippen LogP contribution < -0.4 is 65.9 Å². The number of carbonyl (C=O) groups excluding carboxylic acids is 11. The molecule has 5 rings (SSSR count). The molecule has 26 nitrogen and oxygen atoms in total. The Morgan fingerprint density at radius 3 is 2.18 bits per heavy atom. The molecule has 0 bridgehead atoms. The number of amides is 11. The van der Waals surface area contributed by atoms with Crippen LogP contribution in [0.5, 0.6) is 0 Å². The molecule has 28 heteroatoms. The summed E-state index contributed by atoms with van der Waals surface area (Å²) in [4.78, 5) is 159. The van der Waals surface area contributed by atoms with Crippen molar-refractivity contribution in [3.63, 3.8) is 0 Å². The van der Waals surface area contributed by atoms with Gasteiger partial charge in [0.25, 0.3) is 0 Å². The number of fused-ring (bicyclic) bond motifs is 1. The van der Waals surface area contributed by atoms with Gasteiger partial charge in [-0.1, -0.05) is 79.3 Å². The number of aliphatic imine (C=N–C) groups is 1. The van der Waals surface area contributed by atoms with Crippen molar-refractivity contribution in [3.05, 3.63) is 36.0 Å². The number of benzene rings is 1.